The first-order chi connectivity index (χ1) is 9.79. The zero-order valence-electron chi connectivity index (χ0n) is 11.9. The van der Waals surface area contributed by atoms with Gasteiger partial charge in [0.25, 0.3) is 5.82 Å². The summed E-state index contributed by atoms with van der Waals surface area (Å²) < 4.78 is 35.0. The van der Waals surface area contributed by atoms with Crippen molar-refractivity contribution in [2.45, 2.75) is 33.9 Å². The second-order valence-electron chi connectivity index (χ2n) is 3.26. The molecule has 8 nitrogen and oxygen atoms in total. The number of amides is 1. The van der Waals surface area contributed by atoms with Gasteiger partial charge in [0.1, 0.15) is 12.2 Å². The molecular weight excluding hydrogens is 291 g/mol. The highest BCUT2D eigenvalue weighted by molar-refractivity contribution is 5.86. The number of anilines is 1. The summed E-state index contributed by atoms with van der Waals surface area (Å²) in [4.78, 5) is 17.1. The largest absolute Gasteiger partial charge is 0.453 e. The second kappa shape index (κ2) is 8.66. The van der Waals surface area contributed by atoms with Gasteiger partial charge in [0.2, 0.25) is 11.9 Å². The minimum atomic E-state index is -4.44. The Labute approximate surface area is 118 Å². The van der Waals surface area contributed by atoms with Crippen LogP contribution in [-0.4, -0.2) is 36.3 Å². The van der Waals surface area contributed by atoms with Crippen molar-refractivity contribution in [3.05, 3.63) is 18.0 Å². The maximum atomic E-state index is 11.7. The number of aromatic amines is 2. The molecule has 21 heavy (non-hydrogen) atoms. The third-order valence-electron chi connectivity index (χ3n) is 1.56. The topological polar surface area (TPSA) is 112 Å². The van der Waals surface area contributed by atoms with Crippen LogP contribution in [0.2, 0.25) is 0 Å². The van der Waals surface area contributed by atoms with E-state index in [4.69, 9.17) is 0 Å². The number of carbonyl (C=O) groups is 1. The van der Waals surface area contributed by atoms with E-state index in [1.807, 2.05) is 13.8 Å². The lowest BCUT2D eigenvalue weighted by atomic mass is 10.6. The van der Waals surface area contributed by atoms with E-state index in [1.165, 1.54) is 20.2 Å². The molecule has 0 aliphatic heterocycles. The number of aromatic nitrogens is 6. The van der Waals surface area contributed by atoms with Gasteiger partial charge in [-0.1, -0.05) is 13.8 Å². The van der Waals surface area contributed by atoms with Gasteiger partial charge in [0.15, 0.2) is 0 Å². The van der Waals surface area contributed by atoms with E-state index < -0.39 is 12.0 Å². The molecule has 1 amide bonds. The number of nitrogens with one attached hydrogen (secondary N) is 3. The van der Waals surface area contributed by atoms with Crippen molar-refractivity contribution in [3.8, 4) is 0 Å². The molecule has 0 bridgehead atoms. The van der Waals surface area contributed by atoms with Crippen LogP contribution in [0.5, 0.6) is 0 Å². The minimum Gasteiger partial charge on any atom is -0.295 e. The van der Waals surface area contributed by atoms with Gasteiger partial charge >= 0.3 is 6.18 Å². The summed E-state index contributed by atoms with van der Waals surface area (Å²) >= 11 is 0. The summed E-state index contributed by atoms with van der Waals surface area (Å²) in [5.41, 5.74) is 0. The lowest BCUT2D eigenvalue weighted by Gasteiger charge is -1.96. The Hall–Kier alpha value is -2.46. The molecule has 0 aliphatic rings. The lowest BCUT2D eigenvalue weighted by Crippen LogP contribution is -2.07. The van der Waals surface area contributed by atoms with Gasteiger partial charge in [0.05, 0.1) is 0 Å². The SMILES string of the molecule is CC.CC(=O)Nc1ncn[nH]1.Cc1nc(C(F)(F)F)n[nH]1. The van der Waals surface area contributed by atoms with Crippen LogP contribution in [0.25, 0.3) is 0 Å². The van der Waals surface area contributed by atoms with Gasteiger partial charge in [-0.25, -0.2) is 10.1 Å². The molecule has 0 fully saturated rings. The van der Waals surface area contributed by atoms with Crippen LogP contribution in [0, 0.1) is 6.92 Å². The number of nitrogens with zero attached hydrogens (tertiary/aromatic N) is 4. The number of hydrogen-bond donors (Lipinski definition) is 3. The molecule has 118 valence electrons. The number of halogens is 3. The fraction of sp³-hybridized carbons (Fsp3) is 0.500. The molecule has 2 rings (SSSR count). The summed E-state index contributed by atoms with van der Waals surface area (Å²) in [6.45, 7) is 6.81. The van der Waals surface area contributed by atoms with E-state index in [0.29, 0.717) is 5.95 Å². The quantitative estimate of drug-likeness (QED) is 0.745. The van der Waals surface area contributed by atoms with E-state index in [9.17, 15) is 18.0 Å². The number of H-pyrrole nitrogens is 2. The molecule has 0 unspecified atom stereocenters. The molecule has 0 radical (unpaired) electrons. The van der Waals surface area contributed by atoms with Gasteiger partial charge in [-0.15, -0.1) is 5.10 Å². The Morgan fingerprint density at radius 1 is 1.29 bits per heavy atom. The highest BCUT2D eigenvalue weighted by Crippen LogP contribution is 2.25. The first-order valence-corrected chi connectivity index (χ1v) is 5.88. The normalized spacial score (nSPS) is 9.86. The van der Waals surface area contributed by atoms with Crippen LogP contribution in [0.4, 0.5) is 19.1 Å². The Morgan fingerprint density at radius 2 is 1.90 bits per heavy atom. The number of carbonyl (C=O) groups excluding carboxylic acids is 1. The molecule has 11 heteroatoms. The first-order valence-electron chi connectivity index (χ1n) is 5.88. The zero-order valence-corrected chi connectivity index (χ0v) is 11.9. The van der Waals surface area contributed by atoms with Crippen molar-refractivity contribution in [1.29, 1.82) is 0 Å². The molecule has 0 spiro atoms. The Bertz CT molecular complexity index is 521. The third kappa shape index (κ3) is 7.64. The highest BCUT2D eigenvalue weighted by Gasteiger charge is 2.35. The molecule has 0 saturated heterocycles. The Balaban J connectivity index is 0.000000342. The summed E-state index contributed by atoms with van der Waals surface area (Å²) in [6, 6.07) is 0. The summed E-state index contributed by atoms with van der Waals surface area (Å²) in [6.07, 6.45) is -3.12. The van der Waals surface area contributed by atoms with Crippen LogP contribution in [0.1, 0.15) is 32.4 Å². The first kappa shape index (κ1) is 18.5. The van der Waals surface area contributed by atoms with E-state index in [2.05, 4.69) is 35.7 Å². The molecule has 2 heterocycles. The van der Waals surface area contributed by atoms with Crippen LogP contribution >= 0.6 is 0 Å². The highest BCUT2D eigenvalue weighted by atomic mass is 19.4. The number of rotatable bonds is 1. The fourth-order valence-corrected chi connectivity index (χ4v) is 0.902. The van der Waals surface area contributed by atoms with Crippen molar-refractivity contribution in [2.75, 3.05) is 5.32 Å². The summed E-state index contributed by atoms with van der Waals surface area (Å²) in [7, 11) is 0. The monoisotopic (exact) mass is 307 g/mol. The van der Waals surface area contributed by atoms with Gasteiger partial charge in [0, 0.05) is 6.92 Å². The maximum Gasteiger partial charge on any atom is 0.453 e. The number of alkyl halides is 3. The lowest BCUT2D eigenvalue weighted by molar-refractivity contribution is -0.144. The molecule has 0 aliphatic carbocycles. The van der Waals surface area contributed by atoms with Crippen LogP contribution in [-0.2, 0) is 11.0 Å². The van der Waals surface area contributed by atoms with Crippen LogP contribution in [0.3, 0.4) is 0 Å². The van der Waals surface area contributed by atoms with Gasteiger partial charge in [-0.2, -0.15) is 23.3 Å². The Kier molecular flexibility index (Phi) is 7.65. The van der Waals surface area contributed by atoms with E-state index in [0.717, 1.165) is 0 Å². The third-order valence-corrected chi connectivity index (χ3v) is 1.56. The molecule has 0 aromatic carbocycles. The summed E-state index contributed by atoms with van der Waals surface area (Å²) in [5.74, 6) is -0.744. The molecule has 2 aromatic heterocycles. The Morgan fingerprint density at radius 3 is 2.19 bits per heavy atom. The van der Waals surface area contributed by atoms with Crippen LogP contribution < -0.4 is 5.32 Å². The molecular formula is C10H16F3N7O. The van der Waals surface area contributed by atoms with E-state index in [1.54, 1.807) is 0 Å². The van der Waals surface area contributed by atoms with E-state index in [-0.39, 0.29) is 11.7 Å². The summed E-state index contributed by atoms with van der Waals surface area (Å²) in [5, 5.41) is 13.4. The van der Waals surface area contributed by atoms with Gasteiger partial charge in [-0.05, 0) is 6.92 Å². The molecule has 3 N–H and O–H groups in total. The second-order valence-corrected chi connectivity index (χ2v) is 3.26. The number of aryl methyl sites for hydroxylation is 1. The molecule has 0 saturated carbocycles. The van der Waals surface area contributed by atoms with Crippen molar-refractivity contribution >= 4 is 11.9 Å². The minimum absolute atomic E-state index is 0.160. The molecule has 2 aromatic rings. The fourth-order valence-electron chi connectivity index (χ4n) is 0.902. The van der Waals surface area contributed by atoms with Crippen molar-refractivity contribution in [3.63, 3.8) is 0 Å². The average Bonchev–Trinajstić information content (AvgIpc) is 3.02. The number of hydrogen-bond acceptors (Lipinski definition) is 5. The predicted molar refractivity (Wildman–Crippen MR) is 68.2 cm³/mol. The smallest absolute Gasteiger partial charge is 0.295 e. The standard InChI is InChI=1S/C4H4F3N3.C4H6N4O.C2H6/c1-2-8-3(10-9-2)4(5,6)7;1-3(9)7-4-5-2-6-8-4;1-2/h1H3,(H,8,9,10);2H,1H3,(H2,5,6,7,8,9);1-2H3. The van der Waals surface area contributed by atoms with Crippen molar-refractivity contribution in [2.24, 2.45) is 0 Å². The molecule has 0 atom stereocenters. The van der Waals surface area contributed by atoms with Crippen LogP contribution in [0.15, 0.2) is 6.33 Å². The average molecular weight is 307 g/mol. The van der Waals surface area contributed by atoms with E-state index >= 15 is 0 Å². The van der Waals surface area contributed by atoms with Gasteiger partial charge in [-0.3, -0.25) is 15.2 Å². The zero-order chi connectivity index (χ0) is 16.5. The maximum absolute atomic E-state index is 11.7. The predicted octanol–water partition coefficient (Wildman–Crippen LogP) is 1.92. The van der Waals surface area contributed by atoms with Crippen molar-refractivity contribution in [1.82, 2.24) is 30.4 Å². The van der Waals surface area contributed by atoms with Gasteiger partial charge < -0.3 is 0 Å². The van der Waals surface area contributed by atoms with Crippen molar-refractivity contribution < 1.29 is 18.0 Å².